The van der Waals surface area contributed by atoms with Crippen molar-refractivity contribution >= 4 is 17.1 Å². The van der Waals surface area contributed by atoms with E-state index in [1.54, 1.807) is 23.1 Å². The molecule has 1 saturated heterocycles. The zero-order valence-electron chi connectivity index (χ0n) is 11.3. The summed E-state index contributed by atoms with van der Waals surface area (Å²) in [6, 6.07) is 6.40. The highest BCUT2D eigenvalue weighted by atomic mass is 16.4. The Morgan fingerprint density at radius 3 is 2.86 bits per heavy atom. The molecule has 1 fully saturated rings. The summed E-state index contributed by atoms with van der Waals surface area (Å²) in [6.07, 6.45) is -0.417. The van der Waals surface area contributed by atoms with Gasteiger partial charge in [0.25, 0.3) is 0 Å². The summed E-state index contributed by atoms with van der Waals surface area (Å²) >= 11 is 0. The summed E-state index contributed by atoms with van der Waals surface area (Å²) in [5.41, 5.74) is 1.20. The number of β-amino-alcohol motifs (C(OH)–C–C–N with tert-alkyl or cyclic N) is 1. The number of aliphatic hydroxyl groups excluding tert-OH is 1. The number of carboxylic acid groups (broad SMARTS) is 1. The number of oxazole rings is 1. The second-order valence-electron chi connectivity index (χ2n) is 5.23. The summed E-state index contributed by atoms with van der Waals surface area (Å²) in [4.78, 5) is 24.7. The molecule has 2 heterocycles. The fourth-order valence-electron chi connectivity index (χ4n) is 2.84. The van der Waals surface area contributed by atoms with Gasteiger partial charge in [0.15, 0.2) is 5.58 Å². The van der Waals surface area contributed by atoms with Crippen molar-refractivity contribution in [2.24, 2.45) is 0 Å². The van der Waals surface area contributed by atoms with Crippen LogP contribution >= 0.6 is 0 Å². The predicted octanol–water partition coefficient (Wildman–Crippen LogP) is 0.114. The van der Waals surface area contributed by atoms with Gasteiger partial charge in [-0.3, -0.25) is 14.3 Å². The van der Waals surface area contributed by atoms with Gasteiger partial charge in [0.05, 0.1) is 11.6 Å². The summed E-state index contributed by atoms with van der Waals surface area (Å²) in [5.74, 6) is -1.40. The van der Waals surface area contributed by atoms with Crippen molar-refractivity contribution in [3.8, 4) is 0 Å². The fraction of sp³-hybridized carbons (Fsp3) is 0.429. The maximum Gasteiger partial charge on any atom is 0.419 e. The monoisotopic (exact) mass is 292 g/mol. The lowest BCUT2D eigenvalue weighted by Crippen LogP contribution is -2.38. The van der Waals surface area contributed by atoms with Gasteiger partial charge in [0.1, 0.15) is 6.04 Å². The Morgan fingerprint density at radius 1 is 1.33 bits per heavy atom. The van der Waals surface area contributed by atoms with Gasteiger partial charge in [-0.15, -0.1) is 0 Å². The van der Waals surface area contributed by atoms with Crippen LogP contribution in [0.1, 0.15) is 6.42 Å². The highest BCUT2D eigenvalue weighted by molar-refractivity contribution is 5.74. The number of para-hydroxylation sites is 2. The van der Waals surface area contributed by atoms with Crippen molar-refractivity contribution in [2.45, 2.75) is 25.1 Å². The van der Waals surface area contributed by atoms with Gasteiger partial charge < -0.3 is 14.6 Å². The minimum absolute atomic E-state index is 0.219. The normalized spacial score (nSPS) is 22.9. The van der Waals surface area contributed by atoms with Crippen LogP contribution in [0.4, 0.5) is 0 Å². The predicted molar refractivity (Wildman–Crippen MR) is 74.1 cm³/mol. The number of likely N-dealkylation sites (tertiary alicyclic amines) is 1. The molecule has 0 amide bonds. The highest BCUT2D eigenvalue weighted by Crippen LogP contribution is 2.18. The Bertz CT molecular complexity index is 719. The van der Waals surface area contributed by atoms with E-state index in [-0.39, 0.29) is 6.42 Å². The maximum atomic E-state index is 11.8. The first-order chi connectivity index (χ1) is 10.1. The van der Waals surface area contributed by atoms with E-state index in [1.165, 1.54) is 4.57 Å². The zero-order valence-corrected chi connectivity index (χ0v) is 11.3. The van der Waals surface area contributed by atoms with Crippen LogP contribution < -0.4 is 5.76 Å². The molecule has 1 aromatic carbocycles. The molecular weight excluding hydrogens is 276 g/mol. The van der Waals surface area contributed by atoms with Gasteiger partial charge in [0, 0.05) is 26.1 Å². The second kappa shape index (κ2) is 5.34. The van der Waals surface area contributed by atoms with Gasteiger partial charge in [-0.25, -0.2) is 4.79 Å². The van der Waals surface area contributed by atoms with Crippen LogP contribution in [0.25, 0.3) is 11.1 Å². The van der Waals surface area contributed by atoms with Crippen LogP contribution in [-0.2, 0) is 11.3 Å². The van der Waals surface area contributed by atoms with Gasteiger partial charge in [0.2, 0.25) is 0 Å². The summed E-state index contributed by atoms with van der Waals surface area (Å²) < 4.78 is 6.62. The number of carbonyl (C=O) groups is 1. The van der Waals surface area contributed by atoms with Crippen molar-refractivity contribution in [3.05, 3.63) is 34.8 Å². The average Bonchev–Trinajstić information content (AvgIpc) is 2.96. The molecule has 0 bridgehead atoms. The molecule has 1 aliphatic rings. The van der Waals surface area contributed by atoms with Gasteiger partial charge in [-0.05, 0) is 12.1 Å². The molecule has 21 heavy (non-hydrogen) atoms. The van der Waals surface area contributed by atoms with Crippen molar-refractivity contribution in [2.75, 3.05) is 13.1 Å². The second-order valence-corrected chi connectivity index (χ2v) is 5.23. The number of rotatable bonds is 4. The van der Waals surface area contributed by atoms with Crippen LogP contribution in [-0.4, -0.2) is 50.9 Å². The van der Waals surface area contributed by atoms with Gasteiger partial charge in [-0.1, -0.05) is 12.1 Å². The molecule has 7 nitrogen and oxygen atoms in total. The lowest BCUT2D eigenvalue weighted by molar-refractivity contribution is -0.142. The first-order valence-corrected chi connectivity index (χ1v) is 6.79. The molecular formula is C14H16N2O5. The van der Waals surface area contributed by atoms with E-state index in [2.05, 4.69) is 0 Å². The SMILES string of the molecule is O=C(O)C1CC(O)CN1CCn1c(=O)oc2ccccc21. The average molecular weight is 292 g/mol. The molecule has 0 spiro atoms. The standard InChI is InChI=1S/C14H16N2O5/c17-9-7-11(13(18)19)15(8-9)5-6-16-10-3-1-2-4-12(10)21-14(16)20/h1-4,9,11,17H,5-8H2,(H,18,19). The Morgan fingerprint density at radius 2 is 2.10 bits per heavy atom. The number of fused-ring (bicyclic) bond motifs is 1. The number of aromatic nitrogens is 1. The van der Waals surface area contributed by atoms with Crippen molar-refractivity contribution in [1.29, 1.82) is 0 Å². The number of carboxylic acids is 1. The molecule has 1 aliphatic heterocycles. The van der Waals surface area contributed by atoms with Gasteiger partial charge >= 0.3 is 11.7 Å². The van der Waals surface area contributed by atoms with Gasteiger partial charge in [-0.2, -0.15) is 0 Å². The number of hydrogen-bond donors (Lipinski definition) is 2. The number of aliphatic carboxylic acids is 1. The summed E-state index contributed by atoms with van der Waals surface area (Å²) in [7, 11) is 0. The molecule has 1 aromatic heterocycles. The first kappa shape index (κ1) is 13.8. The smallest absolute Gasteiger partial charge is 0.419 e. The van der Waals surface area contributed by atoms with E-state index in [0.29, 0.717) is 30.7 Å². The lowest BCUT2D eigenvalue weighted by Gasteiger charge is -2.20. The third kappa shape index (κ3) is 2.57. The number of nitrogens with zero attached hydrogens (tertiary/aromatic N) is 2. The largest absolute Gasteiger partial charge is 0.480 e. The van der Waals surface area contributed by atoms with Crippen LogP contribution in [0.15, 0.2) is 33.5 Å². The van der Waals surface area contributed by atoms with Crippen LogP contribution in [0.3, 0.4) is 0 Å². The molecule has 3 rings (SSSR count). The van der Waals surface area contributed by atoms with Crippen molar-refractivity contribution < 1.29 is 19.4 Å². The minimum Gasteiger partial charge on any atom is -0.480 e. The number of hydrogen-bond acceptors (Lipinski definition) is 5. The molecule has 0 aliphatic carbocycles. The maximum absolute atomic E-state index is 11.8. The Hall–Kier alpha value is -2.12. The third-order valence-electron chi connectivity index (χ3n) is 3.85. The quantitative estimate of drug-likeness (QED) is 0.830. The van der Waals surface area contributed by atoms with E-state index in [9.17, 15) is 14.7 Å². The number of aliphatic hydroxyl groups is 1. The van der Waals surface area contributed by atoms with E-state index < -0.39 is 23.9 Å². The fourth-order valence-corrected chi connectivity index (χ4v) is 2.84. The lowest BCUT2D eigenvalue weighted by atomic mass is 10.2. The first-order valence-electron chi connectivity index (χ1n) is 6.79. The molecule has 2 N–H and O–H groups in total. The molecule has 2 aromatic rings. The van der Waals surface area contributed by atoms with Crippen LogP contribution in [0, 0.1) is 0 Å². The van der Waals surface area contributed by atoms with E-state index in [0.717, 1.165) is 0 Å². The highest BCUT2D eigenvalue weighted by Gasteiger charge is 2.35. The topological polar surface area (TPSA) is 95.9 Å². The summed E-state index contributed by atoms with van der Waals surface area (Å²) in [6.45, 7) is 1.01. The summed E-state index contributed by atoms with van der Waals surface area (Å²) in [5, 5.41) is 18.8. The van der Waals surface area contributed by atoms with E-state index in [1.807, 2.05) is 6.07 Å². The molecule has 2 atom stereocenters. The van der Waals surface area contributed by atoms with E-state index in [4.69, 9.17) is 9.52 Å². The molecule has 0 radical (unpaired) electrons. The number of benzene rings is 1. The third-order valence-corrected chi connectivity index (χ3v) is 3.85. The Labute approximate surface area is 120 Å². The minimum atomic E-state index is -0.948. The van der Waals surface area contributed by atoms with E-state index >= 15 is 0 Å². The zero-order chi connectivity index (χ0) is 15.0. The molecule has 0 saturated carbocycles. The molecule has 7 heteroatoms. The molecule has 112 valence electrons. The van der Waals surface area contributed by atoms with Crippen LogP contribution in [0.5, 0.6) is 0 Å². The Kier molecular flexibility index (Phi) is 3.52. The Balaban J connectivity index is 1.79. The van der Waals surface area contributed by atoms with Crippen molar-refractivity contribution in [3.63, 3.8) is 0 Å². The van der Waals surface area contributed by atoms with Crippen molar-refractivity contribution in [1.82, 2.24) is 9.47 Å². The molecule has 2 unspecified atom stereocenters. The van der Waals surface area contributed by atoms with Crippen LogP contribution in [0.2, 0.25) is 0 Å².